The van der Waals surface area contributed by atoms with Crippen LogP contribution in [0.3, 0.4) is 0 Å². The van der Waals surface area contributed by atoms with Crippen molar-refractivity contribution in [3.63, 3.8) is 0 Å². The minimum Gasteiger partial charge on any atom is -0.472 e. The lowest BCUT2D eigenvalue weighted by molar-refractivity contribution is 0.0696. The Hall–Kier alpha value is -2.83. The second kappa shape index (κ2) is 7.06. The van der Waals surface area contributed by atoms with Gasteiger partial charge in [-0.1, -0.05) is 0 Å². The van der Waals surface area contributed by atoms with Crippen LogP contribution in [-0.4, -0.2) is 46.6 Å². The Morgan fingerprint density at radius 1 is 1.26 bits per heavy atom. The van der Waals surface area contributed by atoms with E-state index in [1.807, 2.05) is 6.92 Å². The van der Waals surface area contributed by atoms with Crippen molar-refractivity contribution in [2.24, 2.45) is 0 Å². The third kappa shape index (κ3) is 3.29. The summed E-state index contributed by atoms with van der Waals surface area (Å²) in [7, 11) is 0. The molecular formula is C20H23N3O4. The number of Topliss-reactive ketones (excluding diaryl/α,β-unsaturated/α-hetero) is 1. The number of ketones is 1. The Bertz CT molecular complexity index is 873. The number of aromatic amines is 1. The molecule has 2 aliphatic rings. The smallest absolute Gasteiger partial charge is 0.268 e. The summed E-state index contributed by atoms with van der Waals surface area (Å²) in [6, 6.07) is 1.68. The highest BCUT2D eigenvalue weighted by atomic mass is 16.3. The average Bonchev–Trinajstić information content (AvgIpc) is 3.31. The number of nitrogens with zero attached hydrogens (tertiary/aromatic N) is 1. The quantitative estimate of drug-likeness (QED) is 0.869. The van der Waals surface area contributed by atoms with Gasteiger partial charge >= 0.3 is 0 Å². The molecule has 0 saturated carbocycles. The third-order valence-corrected chi connectivity index (χ3v) is 5.55. The lowest BCUT2D eigenvalue weighted by Crippen LogP contribution is -2.46. The maximum Gasteiger partial charge on any atom is 0.268 e. The van der Waals surface area contributed by atoms with E-state index >= 15 is 0 Å². The van der Waals surface area contributed by atoms with Crippen molar-refractivity contribution in [1.29, 1.82) is 0 Å². The Balaban J connectivity index is 1.38. The van der Waals surface area contributed by atoms with E-state index < -0.39 is 0 Å². The summed E-state index contributed by atoms with van der Waals surface area (Å²) in [5.41, 5.74) is 3.38. The van der Waals surface area contributed by atoms with Crippen LogP contribution in [0.5, 0.6) is 0 Å². The van der Waals surface area contributed by atoms with Crippen molar-refractivity contribution in [1.82, 2.24) is 15.2 Å². The average molecular weight is 369 g/mol. The predicted molar refractivity (Wildman–Crippen MR) is 97.9 cm³/mol. The van der Waals surface area contributed by atoms with Crippen molar-refractivity contribution in [3.05, 3.63) is 46.7 Å². The number of amides is 2. The van der Waals surface area contributed by atoms with Gasteiger partial charge in [0.2, 0.25) is 0 Å². The standard InChI is InChI=1S/C20H23N3O4/c1-12-17-15(3-2-4-16(17)24)22-18(12)19(25)21-14-5-8-23(9-6-14)20(26)13-7-10-27-11-13/h7,10-11,14,22H,2-6,8-9H2,1H3,(H,21,25). The molecule has 0 bridgehead atoms. The lowest BCUT2D eigenvalue weighted by Gasteiger charge is -2.32. The number of likely N-dealkylation sites (tertiary alicyclic amines) is 1. The fraction of sp³-hybridized carbons (Fsp3) is 0.450. The van der Waals surface area contributed by atoms with E-state index in [1.54, 1.807) is 11.0 Å². The van der Waals surface area contributed by atoms with Crippen LogP contribution < -0.4 is 5.32 Å². The van der Waals surface area contributed by atoms with Crippen molar-refractivity contribution in [2.45, 2.75) is 45.1 Å². The van der Waals surface area contributed by atoms with Crippen molar-refractivity contribution in [3.8, 4) is 0 Å². The second-order valence-corrected chi connectivity index (χ2v) is 7.31. The van der Waals surface area contributed by atoms with E-state index in [4.69, 9.17) is 4.42 Å². The van der Waals surface area contributed by atoms with Gasteiger partial charge in [0.15, 0.2) is 5.78 Å². The molecule has 2 amide bonds. The van der Waals surface area contributed by atoms with Gasteiger partial charge in [-0.2, -0.15) is 0 Å². The maximum absolute atomic E-state index is 12.7. The first-order valence-corrected chi connectivity index (χ1v) is 9.41. The second-order valence-electron chi connectivity index (χ2n) is 7.31. The summed E-state index contributed by atoms with van der Waals surface area (Å²) in [6.45, 7) is 3.01. The normalized spacial score (nSPS) is 17.7. The van der Waals surface area contributed by atoms with E-state index in [2.05, 4.69) is 10.3 Å². The number of aryl methyl sites for hydroxylation is 1. The van der Waals surface area contributed by atoms with Crippen LogP contribution in [0.1, 0.15) is 68.1 Å². The molecule has 0 atom stereocenters. The molecule has 0 radical (unpaired) electrons. The van der Waals surface area contributed by atoms with Crippen LogP contribution in [-0.2, 0) is 6.42 Å². The SMILES string of the molecule is Cc1c(C(=O)NC2CCN(C(=O)c3ccoc3)CC2)[nH]c2c1C(=O)CCC2. The first kappa shape index (κ1) is 17.6. The molecule has 1 fully saturated rings. The molecule has 27 heavy (non-hydrogen) atoms. The summed E-state index contributed by atoms with van der Waals surface area (Å²) in [5, 5.41) is 3.06. The summed E-state index contributed by atoms with van der Waals surface area (Å²) in [5.74, 6) is -0.0932. The van der Waals surface area contributed by atoms with Crippen molar-refractivity contribution >= 4 is 17.6 Å². The Kier molecular flexibility index (Phi) is 4.59. The molecule has 3 heterocycles. The molecule has 0 unspecified atom stereocenters. The monoisotopic (exact) mass is 369 g/mol. The fourth-order valence-electron chi connectivity index (χ4n) is 4.05. The molecule has 2 N–H and O–H groups in total. The molecule has 2 aromatic rings. The highest BCUT2D eigenvalue weighted by Crippen LogP contribution is 2.26. The predicted octanol–water partition coefficient (Wildman–Crippen LogP) is 2.47. The molecular weight excluding hydrogens is 346 g/mol. The number of furan rings is 1. The number of nitrogens with one attached hydrogen (secondary N) is 2. The zero-order chi connectivity index (χ0) is 19.0. The number of hydrogen-bond acceptors (Lipinski definition) is 4. The number of piperidine rings is 1. The number of aromatic nitrogens is 1. The molecule has 4 rings (SSSR count). The van der Waals surface area contributed by atoms with Crippen LogP contribution in [0.15, 0.2) is 23.0 Å². The summed E-state index contributed by atoms with van der Waals surface area (Å²) >= 11 is 0. The summed E-state index contributed by atoms with van der Waals surface area (Å²) < 4.78 is 4.97. The minimum atomic E-state index is -0.172. The molecule has 0 aromatic carbocycles. The van der Waals surface area contributed by atoms with Crippen molar-refractivity contribution < 1.29 is 18.8 Å². The molecule has 0 spiro atoms. The topological polar surface area (TPSA) is 95.4 Å². The van der Waals surface area contributed by atoms with Crippen molar-refractivity contribution in [2.75, 3.05) is 13.1 Å². The summed E-state index contributed by atoms with van der Waals surface area (Å²) in [6.07, 6.45) is 6.54. The summed E-state index contributed by atoms with van der Waals surface area (Å²) in [4.78, 5) is 42.1. The lowest BCUT2D eigenvalue weighted by atomic mass is 9.93. The molecule has 7 nitrogen and oxygen atoms in total. The number of H-pyrrole nitrogens is 1. The number of hydrogen-bond donors (Lipinski definition) is 2. The van der Waals surface area contributed by atoms with E-state index in [9.17, 15) is 14.4 Å². The number of fused-ring (bicyclic) bond motifs is 1. The van der Waals surface area contributed by atoms with E-state index in [0.717, 1.165) is 24.1 Å². The van der Waals surface area contributed by atoms with Crippen LogP contribution >= 0.6 is 0 Å². The van der Waals surface area contributed by atoms with Crippen LogP contribution in [0, 0.1) is 6.92 Å². The number of rotatable bonds is 3. The fourth-order valence-corrected chi connectivity index (χ4v) is 4.05. The highest BCUT2D eigenvalue weighted by Gasteiger charge is 2.29. The Morgan fingerprint density at radius 2 is 2.04 bits per heavy atom. The maximum atomic E-state index is 12.7. The molecule has 2 aromatic heterocycles. The zero-order valence-corrected chi connectivity index (χ0v) is 15.3. The zero-order valence-electron chi connectivity index (χ0n) is 15.3. The van der Waals surface area contributed by atoms with Gasteiger partial charge in [0.05, 0.1) is 11.8 Å². The largest absolute Gasteiger partial charge is 0.472 e. The van der Waals surface area contributed by atoms with Gasteiger partial charge in [-0.15, -0.1) is 0 Å². The van der Waals surface area contributed by atoms with E-state index in [1.165, 1.54) is 12.5 Å². The van der Waals surface area contributed by atoms with Gasteiger partial charge in [-0.25, -0.2) is 0 Å². The molecule has 142 valence electrons. The van der Waals surface area contributed by atoms with Gasteiger partial charge in [-0.3, -0.25) is 14.4 Å². The molecule has 7 heteroatoms. The van der Waals surface area contributed by atoms with Gasteiger partial charge in [0.25, 0.3) is 11.8 Å². The van der Waals surface area contributed by atoms with E-state index in [0.29, 0.717) is 49.2 Å². The minimum absolute atomic E-state index is 0.0151. The van der Waals surface area contributed by atoms with E-state index in [-0.39, 0.29) is 23.6 Å². The highest BCUT2D eigenvalue weighted by molar-refractivity contribution is 6.04. The first-order valence-electron chi connectivity index (χ1n) is 9.41. The van der Waals surface area contributed by atoms with Gasteiger partial charge < -0.3 is 19.6 Å². The van der Waals surface area contributed by atoms with Gasteiger partial charge in [0, 0.05) is 36.8 Å². The molecule has 1 aliphatic heterocycles. The third-order valence-electron chi connectivity index (χ3n) is 5.55. The first-order chi connectivity index (χ1) is 13.0. The van der Waals surface area contributed by atoms with Crippen LogP contribution in [0.4, 0.5) is 0 Å². The Morgan fingerprint density at radius 3 is 2.70 bits per heavy atom. The number of carbonyl (C=O) groups is 3. The van der Waals surface area contributed by atoms with Gasteiger partial charge in [0.1, 0.15) is 12.0 Å². The van der Waals surface area contributed by atoms with Gasteiger partial charge in [-0.05, 0) is 44.2 Å². The molecule has 1 aliphatic carbocycles. The molecule has 1 saturated heterocycles. The Labute approximate surface area is 157 Å². The van der Waals surface area contributed by atoms with Crippen LogP contribution in [0.25, 0.3) is 0 Å². The number of carbonyl (C=O) groups excluding carboxylic acids is 3. The van der Waals surface area contributed by atoms with Crippen LogP contribution in [0.2, 0.25) is 0 Å².